The number of rotatable bonds is 10. The zero-order valence-corrected chi connectivity index (χ0v) is 18.5. The molecule has 0 radical (unpaired) electrons. The van der Waals surface area contributed by atoms with Gasteiger partial charge in [-0.15, -0.1) is 12.4 Å². The molecule has 2 aromatic rings. The van der Waals surface area contributed by atoms with Crippen molar-refractivity contribution in [2.24, 2.45) is 16.9 Å². The van der Waals surface area contributed by atoms with E-state index in [4.69, 9.17) is 15.3 Å². The molecule has 8 nitrogen and oxygen atoms in total. The number of Topliss-reactive ketones (excluding diaryl/α,β-unsaturated/α-hetero) is 1. The van der Waals surface area contributed by atoms with Crippen LogP contribution in [0.4, 0.5) is 0 Å². The Morgan fingerprint density at radius 3 is 2.31 bits per heavy atom. The smallest absolute Gasteiger partial charge is 0.344 e. The van der Waals surface area contributed by atoms with Crippen LogP contribution in [0.15, 0.2) is 53.6 Å². The average Bonchev–Trinajstić information content (AvgIpc) is 3.61. The van der Waals surface area contributed by atoms with E-state index in [2.05, 4.69) is 10.4 Å². The standard InChI is InChI=1S/C23H25N3O5.ClH/c1-15(26-23(29)19-6-4-16(5-7-19)12-25-24)22(28)18-8-10-20(11-9-18)30-14-21(27)31-13-17-2-3-17;/h4-12,15,17H,2-3,13-14,24H2,1H3,(H,26,29);1H/t15-;/m0./s1. The number of halogens is 1. The van der Waals surface area contributed by atoms with Gasteiger partial charge in [-0.05, 0) is 67.6 Å². The Bertz CT molecular complexity index is 957. The molecule has 32 heavy (non-hydrogen) atoms. The highest BCUT2D eigenvalue weighted by molar-refractivity contribution is 6.04. The monoisotopic (exact) mass is 459 g/mol. The Hall–Kier alpha value is -3.39. The molecule has 1 aliphatic rings. The van der Waals surface area contributed by atoms with Gasteiger partial charge in [0.05, 0.1) is 18.9 Å². The van der Waals surface area contributed by atoms with Gasteiger partial charge in [0.15, 0.2) is 12.4 Å². The van der Waals surface area contributed by atoms with Crippen LogP contribution in [0.1, 0.15) is 46.0 Å². The summed E-state index contributed by atoms with van der Waals surface area (Å²) in [6, 6.07) is 12.4. The maximum Gasteiger partial charge on any atom is 0.344 e. The van der Waals surface area contributed by atoms with Gasteiger partial charge in [-0.3, -0.25) is 9.59 Å². The molecule has 3 N–H and O–H groups in total. The summed E-state index contributed by atoms with van der Waals surface area (Å²) in [6.07, 6.45) is 3.69. The minimum atomic E-state index is -0.720. The van der Waals surface area contributed by atoms with E-state index >= 15 is 0 Å². The van der Waals surface area contributed by atoms with Gasteiger partial charge in [-0.2, -0.15) is 5.10 Å². The number of nitrogens with two attached hydrogens (primary N) is 1. The molecule has 1 amide bonds. The molecule has 0 spiro atoms. The molecule has 0 bridgehead atoms. The van der Waals surface area contributed by atoms with Gasteiger partial charge >= 0.3 is 5.97 Å². The number of nitrogens with zero attached hydrogens (tertiary/aromatic N) is 1. The quantitative estimate of drug-likeness (QED) is 0.185. The van der Waals surface area contributed by atoms with Crippen LogP contribution in [-0.2, 0) is 9.53 Å². The number of ether oxygens (including phenoxy) is 2. The SMILES string of the molecule is C[C@H](NC(=O)c1ccc(C=NN)cc1)C(=O)c1ccc(OCC(=O)OCC2CC2)cc1.Cl. The van der Waals surface area contributed by atoms with Crippen molar-refractivity contribution in [3.8, 4) is 5.75 Å². The lowest BCUT2D eigenvalue weighted by Crippen LogP contribution is -2.38. The van der Waals surface area contributed by atoms with Crippen molar-refractivity contribution >= 4 is 36.3 Å². The van der Waals surface area contributed by atoms with E-state index in [1.807, 2.05) is 0 Å². The number of nitrogens with one attached hydrogen (secondary N) is 1. The van der Waals surface area contributed by atoms with Crippen LogP contribution < -0.4 is 15.9 Å². The molecule has 0 saturated heterocycles. The van der Waals surface area contributed by atoms with E-state index in [-0.39, 0.29) is 30.7 Å². The molecule has 1 fully saturated rings. The second-order valence-corrected chi connectivity index (χ2v) is 7.40. The molecule has 1 aliphatic carbocycles. The van der Waals surface area contributed by atoms with Crippen molar-refractivity contribution < 1.29 is 23.9 Å². The number of benzene rings is 2. The molecule has 9 heteroatoms. The van der Waals surface area contributed by atoms with Crippen molar-refractivity contribution in [1.82, 2.24) is 5.32 Å². The molecular formula is C23H26ClN3O5. The summed E-state index contributed by atoms with van der Waals surface area (Å²) in [5.41, 5.74) is 1.61. The van der Waals surface area contributed by atoms with Gasteiger partial charge in [0, 0.05) is 11.1 Å². The minimum Gasteiger partial charge on any atom is -0.482 e. The fourth-order valence-electron chi connectivity index (χ4n) is 2.80. The van der Waals surface area contributed by atoms with Crippen LogP contribution in [0.2, 0.25) is 0 Å². The molecule has 2 aromatic carbocycles. The number of hydrazone groups is 1. The van der Waals surface area contributed by atoms with Crippen LogP contribution in [-0.4, -0.2) is 43.1 Å². The molecule has 3 rings (SSSR count). The van der Waals surface area contributed by atoms with Gasteiger partial charge in [0.1, 0.15) is 5.75 Å². The number of amides is 1. The van der Waals surface area contributed by atoms with Crippen molar-refractivity contribution in [3.63, 3.8) is 0 Å². The van der Waals surface area contributed by atoms with Crippen LogP contribution in [0.5, 0.6) is 5.75 Å². The third-order valence-electron chi connectivity index (χ3n) is 4.81. The molecule has 170 valence electrons. The normalized spacial score (nSPS) is 13.7. The summed E-state index contributed by atoms with van der Waals surface area (Å²) < 4.78 is 10.5. The summed E-state index contributed by atoms with van der Waals surface area (Å²) in [6.45, 7) is 1.89. The first-order valence-electron chi connectivity index (χ1n) is 10.0. The molecular weight excluding hydrogens is 434 g/mol. The van der Waals surface area contributed by atoms with Gasteiger partial charge in [-0.25, -0.2) is 4.79 Å². The first kappa shape index (κ1) is 24.9. The fraction of sp³-hybridized carbons (Fsp3) is 0.304. The van der Waals surface area contributed by atoms with E-state index in [0.29, 0.717) is 29.4 Å². The fourth-order valence-corrected chi connectivity index (χ4v) is 2.80. The summed E-state index contributed by atoms with van der Waals surface area (Å²) in [7, 11) is 0. The summed E-state index contributed by atoms with van der Waals surface area (Å²) in [5, 5.41) is 6.12. The Labute approximate surface area is 192 Å². The molecule has 0 unspecified atom stereocenters. The van der Waals surface area contributed by atoms with Crippen molar-refractivity contribution in [2.45, 2.75) is 25.8 Å². The average molecular weight is 460 g/mol. The highest BCUT2D eigenvalue weighted by Gasteiger charge is 2.23. The number of ketones is 1. The molecule has 1 atom stereocenters. The van der Waals surface area contributed by atoms with Crippen molar-refractivity contribution in [3.05, 3.63) is 65.2 Å². The van der Waals surface area contributed by atoms with E-state index < -0.39 is 12.0 Å². The predicted molar refractivity (Wildman–Crippen MR) is 122 cm³/mol. The maximum absolute atomic E-state index is 12.6. The number of esters is 1. The maximum atomic E-state index is 12.6. The van der Waals surface area contributed by atoms with Crippen molar-refractivity contribution in [1.29, 1.82) is 0 Å². The topological polar surface area (TPSA) is 120 Å². The van der Waals surface area contributed by atoms with Crippen LogP contribution in [0.25, 0.3) is 0 Å². The Morgan fingerprint density at radius 2 is 1.72 bits per heavy atom. The number of hydrogen-bond acceptors (Lipinski definition) is 7. The number of hydrogen-bond donors (Lipinski definition) is 2. The Balaban J connectivity index is 0.00000363. The van der Waals surface area contributed by atoms with E-state index in [1.165, 1.54) is 6.21 Å². The van der Waals surface area contributed by atoms with Crippen LogP contribution in [0, 0.1) is 5.92 Å². The first-order valence-corrected chi connectivity index (χ1v) is 10.0. The molecule has 0 aromatic heterocycles. The van der Waals surface area contributed by atoms with Crippen LogP contribution >= 0.6 is 12.4 Å². The van der Waals surface area contributed by atoms with Crippen molar-refractivity contribution in [2.75, 3.05) is 13.2 Å². The highest BCUT2D eigenvalue weighted by atomic mass is 35.5. The second kappa shape index (κ2) is 11.9. The zero-order chi connectivity index (χ0) is 22.2. The highest BCUT2D eigenvalue weighted by Crippen LogP contribution is 2.28. The van der Waals surface area contributed by atoms with Gasteiger partial charge in [-0.1, -0.05) is 12.1 Å². The largest absolute Gasteiger partial charge is 0.482 e. The Morgan fingerprint density at radius 1 is 1.09 bits per heavy atom. The molecule has 0 heterocycles. The second-order valence-electron chi connectivity index (χ2n) is 7.40. The van der Waals surface area contributed by atoms with E-state index in [1.54, 1.807) is 55.5 Å². The lowest BCUT2D eigenvalue weighted by Gasteiger charge is -2.13. The first-order chi connectivity index (χ1) is 15.0. The third-order valence-corrected chi connectivity index (χ3v) is 4.81. The van der Waals surface area contributed by atoms with E-state index in [0.717, 1.165) is 18.4 Å². The van der Waals surface area contributed by atoms with Gasteiger partial charge in [0.2, 0.25) is 0 Å². The lowest BCUT2D eigenvalue weighted by molar-refractivity contribution is -0.146. The van der Waals surface area contributed by atoms with Gasteiger partial charge < -0.3 is 20.6 Å². The number of carbonyl (C=O) groups is 3. The minimum absolute atomic E-state index is 0. The summed E-state index contributed by atoms with van der Waals surface area (Å²) in [4.78, 5) is 36.6. The summed E-state index contributed by atoms with van der Waals surface area (Å²) in [5.74, 6) is 5.05. The number of carbonyl (C=O) groups excluding carboxylic acids is 3. The molecule has 0 aliphatic heterocycles. The third kappa shape index (κ3) is 7.39. The predicted octanol–water partition coefficient (Wildman–Crippen LogP) is 2.73. The van der Waals surface area contributed by atoms with Crippen LogP contribution in [0.3, 0.4) is 0 Å². The van der Waals surface area contributed by atoms with Gasteiger partial charge in [0.25, 0.3) is 5.91 Å². The Kier molecular flexibility index (Phi) is 9.22. The van der Waals surface area contributed by atoms with E-state index in [9.17, 15) is 14.4 Å². The lowest BCUT2D eigenvalue weighted by atomic mass is 10.0. The summed E-state index contributed by atoms with van der Waals surface area (Å²) >= 11 is 0. The zero-order valence-electron chi connectivity index (χ0n) is 17.7. The molecule has 1 saturated carbocycles.